The summed E-state index contributed by atoms with van der Waals surface area (Å²) in [6.07, 6.45) is 2.79. The Morgan fingerprint density at radius 3 is 2.59 bits per heavy atom. The second-order valence-corrected chi connectivity index (χ2v) is 10.5. The first-order valence-electron chi connectivity index (χ1n) is 10.0. The summed E-state index contributed by atoms with van der Waals surface area (Å²) in [6.45, 7) is 1.07. The lowest BCUT2D eigenvalue weighted by atomic mass is 10.2. The summed E-state index contributed by atoms with van der Waals surface area (Å²) in [5.41, 5.74) is 1.14. The average molecular weight is 493 g/mol. The standard InChI is InChI=1S/C21H21ClN4O4S2/c22-16-7-9-17(10-8-16)23-19(27)14-31-21-25-24-20(30-21)15-5-4-6-18(13-15)32(28,29)26-11-2-1-3-12-26/h4-10,13H,1-3,11-12,14H2,(H,23,27). The van der Waals surface area contributed by atoms with Crippen molar-refractivity contribution >= 4 is 45.0 Å². The number of thioether (sulfide) groups is 1. The summed E-state index contributed by atoms with van der Waals surface area (Å²) >= 11 is 6.93. The topological polar surface area (TPSA) is 105 Å². The third-order valence-electron chi connectivity index (χ3n) is 4.89. The predicted octanol–water partition coefficient (Wildman–Crippen LogP) is 4.30. The Morgan fingerprint density at radius 1 is 1.09 bits per heavy atom. The molecule has 32 heavy (non-hydrogen) atoms. The van der Waals surface area contributed by atoms with Gasteiger partial charge in [0.15, 0.2) is 0 Å². The van der Waals surface area contributed by atoms with Gasteiger partial charge in [-0.05, 0) is 55.3 Å². The fourth-order valence-electron chi connectivity index (χ4n) is 3.29. The number of hydrogen-bond donors (Lipinski definition) is 1. The molecule has 0 atom stereocenters. The number of sulfonamides is 1. The monoisotopic (exact) mass is 492 g/mol. The largest absolute Gasteiger partial charge is 0.411 e. The van der Waals surface area contributed by atoms with Gasteiger partial charge in [-0.25, -0.2) is 8.42 Å². The number of nitrogens with zero attached hydrogens (tertiary/aromatic N) is 3. The van der Waals surface area contributed by atoms with E-state index in [9.17, 15) is 13.2 Å². The van der Waals surface area contributed by atoms with Gasteiger partial charge in [-0.3, -0.25) is 4.79 Å². The summed E-state index contributed by atoms with van der Waals surface area (Å²) in [5.74, 6) is 0.0428. The molecule has 1 amide bonds. The summed E-state index contributed by atoms with van der Waals surface area (Å²) in [7, 11) is -3.56. The van der Waals surface area contributed by atoms with Crippen LogP contribution >= 0.6 is 23.4 Å². The molecule has 0 radical (unpaired) electrons. The maximum atomic E-state index is 12.9. The third kappa shape index (κ3) is 5.50. The smallest absolute Gasteiger partial charge is 0.277 e. The van der Waals surface area contributed by atoms with Gasteiger partial charge in [0.25, 0.3) is 5.22 Å². The van der Waals surface area contributed by atoms with Gasteiger partial charge in [-0.1, -0.05) is 35.9 Å². The van der Waals surface area contributed by atoms with E-state index in [0.717, 1.165) is 31.0 Å². The van der Waals surface area contributed by atoms with Crippen molar-refractivity contribution in [3.05, 3.63) is 53.6 Å². The molecule has 8 nitrogen and oxygen atoms in total. The second kappa shape index (κ2) is 10.0. The van der Waals surface area contributed by atoms with Crippen LogP contribution in [0.1, 0.15) is 19.3 Å². The molecule has 1 N–H and O–H groups in total. The number of benzene rings is 2. The van der Waals surface area contributed by atoms with Gasteiger partial charge < -0.3 is 9.73 Å². The predicted molar refractivity (Wildman–Crippen MR) is 123 cm³/mol. The number of carbonyl (C=O) groups excluding carboxylic acids is 1. The van der Waals surface area contributed by atoms with Gasteiger partial charge in [0.2, 0.25) is 21.8 Å². The fraction of sp³-hybridized carbons (Fsp3) is 0.286. The number of carbonyl (C=O) groups is 1. The highest BCUT2D eigenvalue weighted by Crippen LogP contribution is 2.27. The summed E-state index contributed by atoms with van der Waals surface area (Å²) in [4.78, 5) is 12.3. The number of aromatic nitrogens is 2. The Kier molecular flexibility index (Phi) is 7.14. The molecule has 1 aromatic heterocycles. The van der Waals surface area contributed by atoms with Gasteiger partial charge in [-0.15, -0.1) is 10.2 Å². The van der Waals surface area contributed by atoms with Crippen LogP contribution < -0.4 is 5.32 Å². The van der Waals surface area contributed by atoms with Crippen molar-refractivity contribution < 1.29 is 17.6 Å². The van der Waals surface area contributed by atoms with E-state index in [2.05, 4.69) is 15.5 Å². The molecule has 1 fully saturated rings. The van der Waals surface area contributed by atoms with Crippen LogP contribution in [0.2, 0.25) is 5.02 Å². The van der Waals surface area contributed by atoms with E-state index < -0.39 is 10.0 Å². The molecule has 1 aliphatic rings. The molecule has 11 heteroatoms. The van der Waals surface area contributed by atoms with Gasteiger partial charge in [0.1, 0.15) is 0 Å². The van der Waals surface area contributed by atoms with E-state index in [1.165, 1.54) is 4.31 Å². The first-order valence-corrected chi connectivity index (χ1v) is 12.8. The maximum absolute atomic E-state index is 12.9. The number of piperidine rings is 1. The molecule has 4 rings (SSSR count). The fourth-order valence-corrected chi connectivity index (χ4v) is 5.54. The molecule has 2 aromatic carbocycles. The van der Waals surface area contributed by atoms with Crippen molar-refractivity contribution in [2.24, 2.45) is 0 Å². The molecular weight excluding hydrogens is 472 g/mol. The van der Waals surface area contributed by atoms with Gasteiger partial charge in [-0.2, -0.15) is 4.31 Å². The normalized spacial score (nSPS) is 14.9. The van der Waals surface area contributed by atoms with Crippen LogP contribution in [-0.2, 0) is 14.8 Å². The van der Waals surface area contributed by atoms with Crippen LogP contribution in [-0.4, -0.2) is 47.7 Å². The van der Waals surface area contributed by atoms with Crippen LogP contribution in [0.4, 0.5) is 5.69 Å². The first-order chi connectivity index (χ1) is 15.4. The molecule has 0 bridgehead atoms. The number of nitrogens with one attached hydrogen (secondary N) is 1. The molecule has 0 spiro atoms. The second-order valence-electron chi connectivity index (χ2n) is 7.21. The van der Waals surface area contributed by atoms with Crippen LogP contribution in [0.25, 0.3) is 11.5 Å². The Bertz CT molecular complexity index is 1190. The lowest BCUT2D eigenvalue weighted by Crippen LogP contribution is -2.35. The van der Waals surface area contributed by atoms with E-state index in [-0.39, 0.29) is 27.7 Å². The maximum Gasteiger partial charge on any atom is 0.277 e. The van der Waals surface area contributed by atoms with Gasteiger partial charge >= 0.3 is 0 Å². The molecule has 1 saturated heterocycles. The van der Waals surface area contributed by atoms with Crippen LogP contribution in [0.3, 0.4) is 0 Å². The Hall–Kier alpha value is -2.40. The minimum absolute atomic E-state index is 0.0770. The Balaban J connectivity index is 1.40. The third-order valence-corrected chi connectivity index (χ3v) is 7.86. The quantitative estimate of drug-likeness (QED) is 0.490. The molecule has 0 unspecified atom stereocenters. The molecule has 0 aliphatic carbocycles. The zero-order valence-corrected chi connectivity index (χ0v) is 19.4. The number of rotatable bonds is 7. The molecular formula is C21H21ClN4O4S2. The van der Waals surface area contributed by atoms with Crippen molar-refractivity contribution in [2.45, 2.75) is 29.4 Å². The number of amides is 1. The minimum atomic E-state index is -3.56. The van der Waals surface area contributed by atoms with Crippen LogP contribution in [0, 0.1) is 0 Å². The highest BCUT2D eigenvalue weighted by Gasteiger charge is 2.26. The SMILES string of the molecule is O=C(CSc1nnc(-c2cccc(S(=O)(=O)N3CCCCC3)c2)o1)Nc1ccc(Cl)cc1. The molecule has 0 saturated carbocycles. The number of hydrogen-bond acceptors (Lipinski definition) is 7. The zero-order valence-electron chi connectivity index (χ0n) is 17.0. The van der Waals surface area contributed by atoms with E-state index in [4.69, 9.17) is 16.0 Å². The Labute approximate surface area is 195 Å². The van der Waals surface area contributed by atoms with E-state index in [0.29, 0.717) is 29.4 Å². The van der Waals surface area contributed by atoms with E-state index >= 15 is 0 Å². The van der Waals surface area contributed by atoms with Crippen molar-refractivity contribution in [1.29, 1.82) is 0 Å². The number of anilines is 1. The zero-order chi connectivity index (χ0) is 22.6. The van der Waals surface area contributed by atoms with E-state index in [1.54, 1.807) is 48.5 Å². The lowest BCUT2D eigenvalue weighted by molar-refractivity contribution is -0.113. The number of halogens is 1. The van der Waals surface area contributed by atoms with Gasteiger partial charge in [0, 0.05) is 29.4 Å². The molecule has 2 heterocycles. The first kappa shape index (κ1) is 22.8. The van der Waals surface area contributed by atoms with E-state index in [1.807, 2.05) is 0 Å². The lowest BCUT2D eigenvalue weighted by Gasteiger charge is -2.25. The van der Waals surface area contributed by atoms with Gasteiger partial charge in [0.05, 0.1) is 10.6 Å². The van der Waals surface area contributed by atoms with Crippen molar-refractivity contribution in [3.8, 4) is 11.5 Å². The molecule has 168 valence electrons. The molecule has 3 aromatic rings. The van der Waals surface area contributed by atoms with Crippen molar-refractivity contribution in [2.75, 3.05) is 24.2 Å². The summed E-state index contributed by atoms with van der Waals surface area (Å²) in [5, 5.41) is 11.5. The minimum Gasteiger partial charge on any atom is -0.411 e. The Morgan fingerprint density at radius 2 is 1.84 bits per heavy atom. The highest BCUT2D eigenvalue weighted by atomic mass is 35.5. The van der Waals surface area contributed by atoms with Crippen LogP contribution in [0.5, 0.6) is 0 Å². The van der Waals surface area contributed by atoms with Crippen molar-refractivity contribution in [1.82, 2.24) is 14.5 Å². The summed E-state index contributed by atoms with van der Waals surface area (Å²) in [6, 6.07) is 13.3. The van der Waals surface area contributed by atoms with Crippen LogP contribution in [0.15, 0.2) is 63.1 Å². The average Bonchev–Trinajstić information content (AvgIpc) is 3.29. The van der Waals surface area contributed by atoms with Crippen molar-refractivity contribution in [3.63, 3.8) is 0 Å². The summed E-state index contributed by atoms with van der Waals surface area (Å²) < 4.78 is 33.0. The molecule has 1 aliphatic heterocycles. The highest BCUT2D eigenvalue weighted by molar-refractivity contribution is 7.99.